The smallest absolute Gasteiger partial charge is 0.220 e. The summed E-state index contributed by atoms with van der Waals surface area (Å²) in [6.45, 7) is 7.26. The van der Waals surface area contributed by atoms with E-state index >= 15 is 0 Å². The fourth-order valence-electron chi connectivity index (χ4n) is 5.23. The second-order valence-electron chi connectivity index (χ2n) is 9.80. The van der Waals surface area contributed by atoms with Crippen molar-refractivity contribution < 1.29 is 19.0 Å². The Bertz CT molecular complexity index is 1110. The first-order chi connectivity index (χ1) is 18.7. The van der Waals surface area contributed by atoms with Gasteiger partial charge in [0.15, 0.2) is 0 Å². The first-order valence-corrected chi connectivity index (χ1v) is 13.5. The number of ether oxygens (including phenoxy) is 3. The van der Waals surface area contributed by atoms with Gasteiger partial charge in [0.25, 0.3) is 0 Å². The molecule has 0 aromatic heterocycles. The first-order valence-electron chi connectivity index (χ1n) is 13.5. The number of hydrogen-bond donors (Lipinski definition) is 0. The number of carbonyl (C=O) groups is 1. The van der Waals surface area contributed by atoms with Gasteiger partial charge in [-0.3, -0.25) is 4.79 Å². The second kappa shape index (κ2) is 14.6. The van der Waals surface area contributed by atoms with Crippen LogP contribution < -0.4 is 0 Å². The Hall–Kier alpha value is -3.25. The van der Waals surface area contributed by atoms with Gasteiger partial charge < -0.3 is 19.1 Å². The molecule has 4 atom stereocenters. The predicted octanol–water partition coefficient (Wildman–Crippen LogP) is 6.33. The van der Waals surface area contributed by atoms with Crippen LogP contribution in [0.5, 0.6) is 0 Å². The molecule has 4 rings (SSSR count). The predicted molar refractivity (Wildman–Crippen MR) is 150 cm³/mol. The highest BCUT2D eigenvalue weighted by molar-refractivity contribution is 5.74. The molecule has 0 radical (unpaired) electrons. The minimum absolute atomic E-state index is 0.0148. The van der Waals surface area contributed by atoms with Crippen LogP contribution in [-0.2, 0) is 38.8 Å². The average molecular weight is 514 g/mol. The number of benzene rings is 3. The summed E-state index contributed by atoms with van der Waals surface area (Å²) >= 11 is 0. The lowest BCUT2D eigenvalue weighted by Gasteiger charge is -2.30. The maximum atomic E-state index is 13.1. The van der Waals surface area contributed by atoms with Gasteiger partial charge in [0.2, 0.25) is 5.91 Å². The van der Waals surface area contributed by atoms with Crippen molar-refractivity contribution in [2.24, 2.45) is 0 Å². The monoisotopic (exact) mass is 513 g/mol. The van der Waals surface area contributed by atoms with Gasteiger partial charge in [-0.1, -0.05) is 97.1 Å². The van der Waals surface area contributed by atoms with Crippen LogP contribution in [0, 0.1) is 0 Å². The largest absolute Gasteiger partial charge is 0.375 e. The number of allylic oxidation sites excluding steroid dienone is 1. The Labute approximate surface area is 227 Å². The molecule has 200 valence electrons. The van der Waals surface area contributed by atoms with E-state index in [-0.39, 0.29) is 30.2 Å². The summed E-state index contributed by atoms with van der Waals surface area (Å²) in [7, 11) is 0. The van der Waals surface area contributed by atoms with Crippen LogP contribution in [0.3, 0.4) is 0 Å². The molecule has 1 amide bonds. The van der Waals surface area contributed by atoms with Gasteiger partial charge in [-0.25, -0.2) is 0 Å². The lowest BCUT2D eigenvalue weighted by atomic mass is 10.0. The lowest BCUT2D eigenvalue weighted by molar-refractivity contribution is -0.135. The van der Waals surface area contributed by atoms with Crippen molar-refractivity contribution in [3.8, 4) is 0 Å². The lowest BCUT2D eigenvalue weighted by Crippen LogP contribution is -2.45. The summed E-state index contributed by atoms with van der Waals surface area (Å²) in [4.78, 5) is 15.1. The number of amides is 1. The molecule has 0 saturated carbocycles. The molecule has 3 aromatic carbocycles. The summed E-state index contributed by atoms with van der Waals surface area (Å²) in [6.07, 6.45) is 3.94. The van der Waals surface area contributed by atoms with Crippen LogP contribution in [0.4, 0.5) is 0 Å². The van der Waals surface area contributed by atoms with Crippen molar-refractivity contribution >= 4 is 5.91 Å². The summed E-state index contributed by atoms with van der Waals surface area (Å²) in [5.74, 6) is 0.0148. The summed E-state index contributed by atoms with van der Waals surface area (Å²) in [5, 5.41) is 0. The molecule has 38 heavy (non-hydrogen) atoms. The van der Waals surface area contributed by atoms with E-state index in [1.54, 1.807) is 6.92 Å². The standard InChI is InChI=1S/C33H39NO4/c1-3-4-8-21-30-32(37-23-28-17-11-6-12-18-28)33(38-24-29-19-13-7-14-20-29)31(34(30)26(2)35)25-36-22-27-15-9-5-10-16-27/h3,5-7,9-20,30-33H,1,4,8,21-25H2,2H3/t30-,31-,32-,33-/m0/s1. The zero-order chi connectivity index (χ0) is 26.6. The highest BCUT2D eigenvalue weighted by Crippen LogP contribution is 2.34. The van der Waals surface area contributed by atoms with Crippen molar-refractivity contribution in [1.82, 2.24) is 4.90 Å². The molecule has 5 nitrogen and oxygen atoms in total. The van der Waals surface area contributed by atoms with E-state index in [1.165, 1.54) is 0 Å². The maximum Gasteiger partial charge on any atom is 0.220 e. The molecule has 1 saturated heterocycles. The molecule has 0 bridgehead atoms. The number of likely N-dealkylation sites (tertiary alicyclic amines) is 1. The highest BCUT2D eigenvalue weighted by Gasteiger charge is 2.51. The minimum Gasteiger partial charge on any atom is -0.375 e. The minimum atomic E-state index is -0.327. The Morgan fingerprint density at radius 1 is 0.763 bits per heavy atom. The SMILES string of the molecule is C=CCCC[C@H]1[C@H](OCc2ccccc2)[C@@H](OCc2ccccc2)[C@H](COCc2ccccc2)N1C(C)=O. The van der Waals surface area contributed by atoms with Crippen LogP contribution in [0.1, 0.15) is 42.9 Å². The van der Waals surface area contributed by atoms with Crippen molar-refractivity contribution in [2.45, 2.75) is 70.3 Å². The topological polar surface area (TPSA) is 48.0 Å². The van der Waals surface area contributed by atoms with Gasteiger partial charge in [0.05, 0.1) is 38.5 Å². The Balaban J connectivity index is 1.58. The summed E-state index contributed by atoms with van der Waals surface area (Å²) in [5.41, 5.74) is 3.28. The molecular weight excluding hydrogens is 474 g/mol. The van der Waals surface area contributed by atoms with Crippen molar-refractivity contribution in [2.75, 3.05) is 6.61 Å². The highest BCUT2D eigenvalue weighted by atomic mass is 16.5. The van der Waals surface area contributed by atoms with Crippen molar-refractivity contribution in [3.05, 3.63) is 120 Å². The third kappa shape index (κ3) is 7.64. The van der Waals surface area contributed by atoms with Crippen LogP contribution in [0.15, 0.2) is 104 Å². The second-order valence-corrected chi connectivity index (χ2v) is 9.80. The van der Waals surface area contributed by atoms with E-state index in [1.807, 2.05) is 77.7 Å². The Kier molecular flexibility index (Phi) is 10.7. The molecule has 0 spiro atoms. The van der Waals surface area contributed by atoms with Gasteiger partial charge in [0, 0.05) is 6.92 Å². The molecule has 0 aliphatic carbocycles. The van der Waals surface area contributed by atoms with Crippen molar-refractivity contribution in [1.29, 1.82) is 0 Å². The molecule has 0 unspecified atom stereocenters. The van der Waals surface area contributed by atoms with Crippen LogP contribution >= 0.6 is 0 Å². The maximum absolute atomic E-state index is 13.1. The first kappa shape index (κ1) is 27.8. The molecule has 5 heteroatoms. The molecule has 3 aromatic rings. The number of nitrogens with zero attached hydrogens (tertiary/aromatic N) is 1. The van der Waals surface area contributed by atoms with Gasteiger partial charge >= 0.3 is 0 Å². The van der Waals surface area contributed by atoms with Crippen molar-refractivity contribution in [3.63, 3.8) is 0 Å². The molecule has 1 aliphatic rings. The average Bonchev–Trinajstić information content (AvgIpc) is 3.24. The van der Waals surface area contributed by atoms with E-state index in [4.69, 9.17) is 14.2 Å². The van der Waals surface area contributed by atoms with E-state index < -0.39 is 0 Å². The number of carbonyl (C=O) groups excluding carboxylic acids is 1. The van der Waals surface area contributed by atoms with Gasteiger partial charge in [0.1, 0.15) is 12.2 Å². The van der Waals surface area contributed by atoms with Gasteiger partial charge in [-0.05, 0) is 36.0 Å². The third-order valence-electron chi connectivity index (χ3n) is 7.04. The quantitative estimate of drug-likeness (QED) is 0.187. The third-order valence-corrected chi connectivity index (χ3v) is 7.04. The molecule has 0 N–H and O–H groups in total. The summed E-state index contributed by atoms with van der Waals surface area (Å²) < 4.78 is 19.4. The zero-order valence-corrected chi connectivity index (χ0v) is 22.3. The summed E-state index contributed by atoms with van der Waals surface area (Å²) in [6, 6.07) is 30.0. The van der Waals surface area contributed by atoms with E-state index in [0.717, 1.165) is 36.0 Å². The molecule has 1 heterocycles. The van der Waals surface area contributed by atoms with Gasteiger partial charge in [-0.15, -0.1) is 6.58 Å². The van der Waals surface area contributed by atoms with E-state index in [9.17, 15) is 4.79 Å². The van der Waals surface area contributed by atoms with E-state index in [2.05, 4.69) is 30.8 Å². The fourth-order valence-corrected chi connectivity index (χ4v) is 5.23. The normalized spacial score (nSPS) is 20.9. The fraction of sp³-hybridized carbons (Fsp3) is 0.364. The van der Waals surface area contributed by atoms with Crippen LogP contribution in [0.2, 0.25) is 0 Å². The molecular formula is C33H39NO4. The van der Waals surface area contributed by atoms with Gasteiger partial charge in [-0.2, -0.15) is 0 Å². The number of unbranched alkanes of at least 4 members (excludes halogenated alkanes) is 1. The Morgan fingerprint density at radius 3 is 1.71 bits per heavy atom. The molecule has 1 aliphatic heterocycles. The van der Waals surface area contributed by atoms with E-state index in [0.29, 0.717) is 26.4 Å². The number of hydrogen-bond acceptors (Lipinski definition) is 4. The molecule has 1 fully saturated rings. The Morgan fingerprint density at radius 2 is 1.24 bits per heavy atom. The zero-order valence-electron chi connectivity index (χ0n) is 22.3. The number of rotatable bonds is 14. The van der Waals surface area contributed by atoms with Crippen LogP contribution in [0.25, 0.3) is 0 Å². The van der Waals surface area contributed by atoms with Crippen LogP contribution in [-0.4, -0.2) is 41.7 Å².